The number of quaternary nitrogens is 1. The Morgan fingerprint density at radius 3 is 2.85 bits per heavy atom. The van der Waals surface area contributed by atoms with Crippen molar-refractivity contribution in [2.75, 3.05) is 6.54 Å². The molecule has 9 heteroatoms. The Morgan fingerprint density at radius 2 is 2.00 bits per heavy atom. The number of unbranched alkanes of at least 4 members (excludes halogenated alkanes) is 2. The molecule has 53 heavy (non-hydrogen) atoms. The molecule has 2 bridgehead atoms. The van der Waals surface area contributed by atoms with E-state index in [2.05, 4.69) is 42.3 Å². The molecule has 6 atom stereocenters. The number of hydrogen-bond donors (Lipinski definition) is 5. The summed E-state index contributed by atoms with van der Waals surface area (Å²) in [6, 6.07) is 9.75. The second-order valence-corrected chi connectivity index (χ2v) is 15.4. The van der Waals surface area contributed by atoms with Crippen molar-refractivity contribution in [3.8, 4) is 35.4 Å². The number of nitrogens with two attached hydrogens (primary N) is 1. The van der Waals surface area contributed by atoms with Crippen LogP contribution in [-0.4, -0.2) is 40.6 Å². The van der Waals surface area contributed by atoms with Crippen LogP contribution in [0, 0.1) is 35.2 Å². The van der Waals surface area contributed by atoms with E-state index in [1.54, 1.807) is 0 Å². The van der Waals surface area contributed by atoms with Crippen LogP contribution in [-0.2, 0) is 17.6 Å². The maximum Gasteiger partial charge on any atom is 0.252 e. The minimum atomic E-state index is -1.04. The average Bonchev–Trinajstić information content (AvgIpc) is 3.89. The van der Waals surface area contributed by atoms with Crippen molar-refractivity contribution in [3.05, 3.63) is 87.9 Å². The SMILES string of the molecule is CCCCCC(O)CC(=O)CCc1ccc2c(c1)OC1C(C#CC(O)c3ccc4c(c3CC3=CN=C5C[NH+]1C=C35)C=CNC4N)C1(C#CO2)CCCC1. The Morgan fingerprint density at radius 1 is 1.15 bits per heavy atom. The summed E-state index contributed by atoms with van der Waals surface area (Å²) >= 11 is 0. The number of ether oxygens (including phenoxy) is 2. The monoisotopic (exact) mass is 713 g/mol. The number of nitrogens with one attached hydrogen (secondary N) is 2. The lowest BCUT2D eigenvalue weighted by atomic mass is 9.73. The summed E-state index contributed by atoms with van der Waals surface area (Å²) in [5.74, 6) is 11.2. The molecule has 9 nitrogen and oxygen atoms in total. The van der Waals surface area contributed by atoms with Crippen molar-refractivity contribution in [1.82, 2.24) is 5.32 Å². The van der Waals surface area contributed by atoms with Crippen LogP contribution in [0.4, 0.5) is 0 Å². The van der Waals surface area contributed by atoms with Gasteiger partial charge in [0.25, 0.3) is 6.23 Å². The van der Waals surface area contributed by atoms with Gasteiger partial charge in [-0.1, -0.05) is 75.0 Å². The molecule has 6 aliphatic rings. The number of fused-ring (bicyclic) bond motifs is 8. The Bertz CT molecular complexity index is 2030. The van der Waals surface area contributed by atoms with Gasteiger partial charge in [0, 0.05) is 25.5 Å². The van der Waals surface area contributed by atoms with Crippen molar-refractivity contribution in [2.45, 2.75) is 109 Å². The van der Waals surface area contributed by atoms with Gasteiger partial charge < -0.3 is 30.7 Å². The zero-order chi connectivity index (χ0) is 36.5. The number of benzene rings is 2. The predicted molar refractivity (Wildman–Crippen MR) is 203 cm³/mol. The van der Waals surface area contributed by atoms with E-state index in [-0.39, 0.29) is 24.3 Å². The quantitative estimate of drug-likeness (QED) is 0.188. The molecular formula is C44H49N4O5+. The van der Waals surface area contributed by atoms with E-state index in [9.17, 15) is 15.0 Å². The maximum atomic E-state index is 12.8. The summed E-state index contributed by atoms with van der Waals surface area (Å²) in [4.78, 5) is 18.8. The molecule has 0 amide bonds. The number of aliphatic hydroxyl groups is 2. The van der Waals surface area contributed by atoms with Crippen LogP contribution in [0.1, 0.15) is 111 Å². The van der Waals surface area contributed by atoms with E-state index in [1.807, 2.05) is 48.8 Å². The Hall–Kier alpha value is -4.64. The van der Waals surface area contributed by atoms with Gasteiger partial charge in [-0.25, -0.2) is 0 Å². The minimum absolute atomic E-state index is 0.0545. The van der Waals surface area contributed by atoms with Gasteiger partial charge in [0.05, 0.1) is 17.1 Å². The van der Waals surface area contributed by atoms with Gasteiger partial charge in [-0.15, -0.1) is 0 Å². The lowest BCUT2D eigenvalue weighted by Gasteiger charge is -2.36. The minimum Gasteiger partial charge on any atom is -0.437 e. The van der Waals surface area contributed by atoms with E-state index in [1.165, 1.54) is 0 Å². The van der Waals surface area contributed by atoms with E-state index < -0.39 is 23.9 Å². The van der Waals surface area contributed by atoms with Gasteiger partial charge in [0.1, 0.15) is 48.5 Å². The first-order valence-electron chi connectivity index (χ1n) is 19.4. The molecule has 1 spiro atoms. The van der Waals surface area contributed by atoms with Gasteiger partial charge >= 0.3 is 0 Å². The fourth-order valence-corrected chi connectivity index (χ4v) is 8.90. The Kier molecular flexibility index (Phi) is 10.0. The average molecular weight is 714 g/mol. The van der Waals surface area contributed by atoms with Gasteiger partial charge in [0.2, 0.25) is 0 Å². The molecule has 1 saturated carbocycles. The number of allylic oxidation sites excluding steroid dienone is 1. The largest absolute Gasteiger partial charge is 0.437 e. The highest BCUT2D eigenvalue weighted by molar-refractivity contribution is 6.08. The summed E-state index contributed by atoms with van der Waals surface area (Å²) in [5, 5.41) is 25.5. The highest BCUT2D eigenvalue weighted by Gasteiger charge is 2.51. The summed E-state index contributed by atoms with van der Waals surface area (Å²) in [7, 11) is 0. The first-order chi connectivity index (χ1) is 25.8. The van der Waals surface area contributed by atoms with Gasteiger partial charge in [-0.3, -0.25) is 14.7 Å². The Labute approximate surface area is 312 Å². The molecule has 0 saturated heterocycles. The molecular weight excluding hydrogens is 665 g/mol. The number of nitrogens with zero attached hydrogens (tertiary/aromatic N) is 1. The van der Waals surface area contributed by atoms with Crippen LogP contribution < -0.4 is 25.4 Å². The predicted octanol–water partition coefficient (Wildman–Crippen LogP) is 4.70. The van der Waals surface area contributed by atoms with Crippen LogP contribution in [0.2, 0.25) is 0 Å². The van der Waals surface area contributed by atoms with Crippen molar-refractivity contribution in [2.24, 2.45) is 22.1 Å². The molecule has 5 aliphatic heterocycles. The molecule has 2 aromatic carbocycles. The molecule has 2 aromatic rings. The van der Waals surface area contributed by atoms with Gasteiger partial charge in [-0.05, 0) is 83.5 Å². The molecule has 6 unspecified atom stereocenters. The van der Waals surface area contributed by atoms with Crippen molar-refractivity contribution in [3.63, 3.8) is 0 Å². The summed E-state index contributed by atoms with van der Waals surface area (Å²) in [5.41, 5.74) is 13.9. The molecule has 1 fully saturated rings. The standard InChI is InChI=1S/C44H48N4O5/c1-2-3-4-7-30(49)24-31(50)10-8-28-9-15-40-41(22-28)53-43-37(44(19-21-52-40)17-5-6-18-44)13-14-39(51)33-11-12-34-32(16-20-46-42(34)45)35(33)23-29-25-47-38-27-48(43)26-36(29)38/h9,11-12,15-16,20,22,25-26,30,37,39,42-43,46,49,51H,2-8,10,17-18,23-24,27,45H2,1H3/p+1. The van der Waals surface area contributed by atoms with E-state index in [0.717, 1.165) is 94.5 Å². The topological polar surface area (TPSA) is 131 Å². The maximum absolute atomic E-state index is 12.8. The third kappa shape index (κ3) is 7.07. The smallest absolute Gasteiger partial charge is 0.252 e. The summed E-state index contributed by atoms with van der Waals surface area (Å²) < 4.78 is 13.2. The number of ketones is 1. The van der Waals surface area contributed by atoms with Crippen LogP contribution in [0.5, 0.6) is 11.5 Å². The zero-order valence-corrected chi connectivity index (χ0v) is 30.4. The number of carbonyl (C=O) groups is 1. The van der Waals surface area contributed by atoms with Gasteiger partial charge in [-0.2, -0.15) is 0 Å². The number of aliphatic hydroxyl groups excluding tert-OH is 2. The fourth-order valence-electron chi connectivity index (χ4n) is 8.90. The number of hydrogen-bond acceptors (Lipinski definition) is 8. The molecule has 0 radical (unpaired) electrons. The Balaban J connectivity index is 1.15. The summed E-state index contributed by atoms with van der Waals surface area (Å²) in [6.45, 7) is 2.76. The highest BCUT2D eigenvalue weighted by atomic mass is 16.5. The van der Waals surface area contributed by atoms with E-state index in [4.69, 9.17) is 20.2 Å². The first kappa shape index (κ1) is 35.4. The van der Waals surface area contributed by atoms with Gasteiger partial charge in [0.15, 0.2) is 11.5 Å². The third-order valence-corrected chi connectivity index (χ3v) is 11.8. The first-order valence-corrected chi connectivity index (χ1v) is 19.4. The molecule has 5 heterocycles. The second-order valence-electron chi connectivity index (χ2n) is 15.4. The lowest BCUT2D eigenvalue weighted by molar-refractivity contribution is -0.888. The zero-order valence-electron chi connectivity index (χ0n) is 30.4. The van der Waals surface area contributed by atoms with Crippen molar-refractivity contribution >= 4 is 17.6 Å². The van der Waals surface area contributed by atoms with Crippen LogP contribution >= 0.6 is 0 Å². The molecule has 274 valence electrons. The normalized spacial score (nSPS) is 26.1. The number of carbonyl (C=O) groups excluding carboxylic acids is 1. The molecule has 6 N–H and O–H groups in total. The van der Waals surface area contributed by atoms with Crippen molar-refractivity contribution in [1.29, 1.82) is 0 Å². The third-order valence-electron chi connectivity index (χ3n) is 11.8. The number of rotatable bonds is 9. The number of Topliss-reactive ketones (excluding diaryl/α,β-unsaturated/α-hetero) is 1. The van der Waals surface area contributed by atoms with E-state index in [0.29, 0.717) is 43.7 Å². The van der Waals surface area contributed by atoms with E-state index >= 15 is 0 Å². The van der Waals surface area contributed by atoms with Crippen LogP contribution in [0.3, 0.4) is 0 Å². The van der Waals surface area contributed by atoms with Crippen molar-refractivity contribution < 1.29 is 29.4 Å². The molecule has 1 aliphatic carbocycles. The highest BCUT2D eigenvalue weighted by Crippen LogP contribution is 2.47. The molecule has 0 aromatic heterocycles. The number of aryl methyl sites for hydroxylation is 1. The number of aliphatic imine (C=N–C) groups is 1. The summed E-state index contributed by atoms with van der Waals surface area (Å²) in [6.07, 6.45) is 17.8. The lowest BCUT2D eigenvalue weighted by Crippen LogP contribution is -3.13. The van der Waals surface area contributed by atoms with Crippen LogP contribution in [0.15, 0.2) is 65.1 Å². The second kappa shape index (κ2) is 15.0. The van der Waals surface area contributed by atoms with Crippen LogP contribution in [0.25, 0.3) is 6.08 Å². The molecule has 8 rings (SSSR count). The fraction of sp³-hybridized carbons (Fsp3) is 0.455.